The van der Waals surface area contributed by atoms with Gasteiger partial charge in [-0.2, -0.15) is 0 Å². The summed E-state index contributed by atoms with van der Waals surface area (Å²) in [6.07, 6.45) is 4.74. The second kappa shape index (κ2) is 7.98. The first-order valence-corrected chi connectivity index (χ1v) is 9.36. The maximum Gasteiger partial charge on any atom is 0.233 e. The number of aromatic nitrogens is 2. The average molecular weight is 329 g/mol. The molecule has 21 heavy (non-hydrogen) atoms. The summed E-state index contributed by atoms with van der Waals surface area (Å²) in [7, 11) is 1.94. The molecule has 1 N–H and O–H groups in total. The molecule has 1 amide bonds. The van der Waals surface area contributed by atoms with Gasteiger partial charge in [-0.25, -0.2) is 0 Å². The van der Waals surface area contributed by atoms with Crippen LogP contribution < -0.4 is 5.32 Å². The van der Waals surface area contributed by atoms with Gasteiger partial charge in [-0.15, -0.1) is 10.2 Å². The zero-order chi connectivity index (χ0) is 15.2. The topological polar surface area (TPSA) is 58.1 Å². The minimum atomic E-state index is 0.194. The van der Waals surface area contributed by atoms with Crippen LogP contribution in [-0.2, 0) is 4.79 Å². The van der Waals surface area contributed by atoms with Crippen LogP contribution in [0, 0.1) is 5.92 Å². The van der Waals surface area contributed by atoms with Crippen molar-refractivity contribution in [3.8, 4) is 0 Å². The van der Waals surface area contributed by atoms with Crippen molar-refractivity contribution in [2.75, 3.05) is 24.7 Å². The number of thioether (sulfide) groups is 1. The molecule has 1 aromatic heterocycles. The lowest BCUT2D eigenvalue weighted by molar-refractivity contribution is -0.129. The third kappa shape index (κ3) is 4.85. The lowest BCUT2D eigenvalue weighted by atomic mass is 9.87. The van der Waals surface area contributed by atoms with E-state index in [0.29, 0.717) is 11.8 Å². The van der Waals surface area contributed by atoms with Gasteiger partial charge in [-0.1, -0.05) is 30.0 Å². The summed E-state index contributed by atoms with van der Waals surface area (Å²) >= 11 is 2.99. The highest BCUT2D eigenvalue weighted by molar-refractivity contribution is 8.01. The van der Waals surface area contributed by atoms with Crippen LogP contribution in [0.5, 0.6) is 0 Å². The molecular formula is C14H24N4OS2. The van der Waals surface area contributed by atoms with Gasteiger partial charge >= 0.3 is 0 Å². The summed E-state index contributed by atoms with van der Waals surface area (Å²) in [6, 6.07) is 0.418. The summed E-state index contributed by atoms with van der Waals surface area (Å²) in [4.78, 5) is 14.2. The molecule has 2 rings (SSSR count). The Morgan fingerprint density at radius 3 is 2.76 bits per heavy atom. The molecule has 0 aliphatic heterocycles. The highest BCUT2D eigenvalue weighted by Gasteiger charge is 2.24. The van der Waals surface area contributed by atoms with E-state index in [9.17, 15) is 4.79 Å². The van der Waals surface area contributed by atoms with Crippen molar-refractivity contribution in [3.05, 3.63) is 0 Å². The lowest BCUT2D eigenvalue weighted by Gasteiger charge is -2.33. The van der Waals surface area contributed by atoms with Crippen LogP contribution >= 0.6 is 23.1 Å². The van der Waals surface area contributed by atoms with Gasteiger partial charge in [0, 0.05) is 19.6 Å². The van der Waals surface area contributed by atoms with Gasteiger partial charge in [0.25, 0.3) is 0 Å². The fourth-order valence-electron chi connectivity index (χ4n) is 2.55. The van der Waals surface area contributed by atoms with Gasteiger partial charge in [-0.3, -0.25) is 4.79 Å². The molecule has 0 bridgehead atoms. The Hall–Kier alpha value is -0.820. The van der Waals surface area contributed by atoms with Crippen molar-refractivity contribution in [2.24, 2.45) is 5.92 Å². The molecule has 1 aromatic rings. The first-order chi connectivity index (χ1) is 10.1. The van der Waals surface area contributed by atoms with E-state index in [4.69, 9.17) is 0 Å². The largest absolute Gasteiger partial charge is 0.360 e. The van der Waals surface area contributed by atoms with E-state index in [1.54, 1.807) is 0 Å². The zero-order valence-corrected chi connectivity index (χ0v) is 14.6. The van der Waals surface area contributed by atoms with Gasteiger partial charge in [-0.05, 0) is 38.5 Å². The molecule has 1 aliphatic rings. The molecular weight excluding hydrogens is 304 g/mol. The fraction of sp³-hybridized carbons (Fsp3) is 0.786. The number of amides is 1. The van der Waals surface area contributed by atoms with Crippen molar-refractivity contribution in [1.29, 1.82) is 0 Å². The fourth-order valence-corrected chi connectivity index (χ4v) is 4.29. The molecule has 1 heterocycles. The predicted octanol–water partition coefficient (Wildman–Crippen LogP) is 3.10. The first kappa shape index (κ1) is 16.5. The van der Waals surface area contributed by atoms with Gasteiger partial charge < -0.3 is 10.2 Å². The van der Waals surface area contributed by atoms with E-state index < -0.39 is 0 Å². The van der Waals surface area contributed by atoms with Crippen LogP contribution in [0.3, 0.4) is 0 Å². The van der Waals surface area contributed by atoms with Crippen molar-refractivity contribution in [3.63, 3.8) is 0 Å². The Balaban J connectivity index is 1.77. The molecule has 0 saturated heterocycles. The third-order valence-corrected chi connectivity index (χ3v) is 5.98. The van der Waals surface area contributed by atoms with E-state index in [1.807, 2.05) is 18.9 Å². The first-order valence-electron chi connectivity index (χ1n) is 7.56. The highest BCUT2D eigenvalue weighted by Crippen LogP contribution is 2.28. The normalized spacial score (nSPS) is 22.0. The number of anilines is 1. The summed E-state index contributed by atoms with van der Waals surface area (Å²) < 4.78 is 0.852. The van der Waals surface area contributed by atoms with Crippen LogP contribution in [0.1, 0.15) is 39.5 Å². The molecule has 0 aromatic carbocycles. The minimum absolute atomic E-state index is 0.194. The maximum atomic E-state index is 12.3. The van der Waals surface area contributed by atoms with Crippen molar-refractivity contribution in [2.45, 2.75) is 49.9 Å². The highest BCUT2D eigenvalue weighted by atomic mass is 32.2. The number of hydrogen-bond acceptors (Lipinski definition) is 6. The number of nitrogens with zero attached hydrogens (tertiary/aromatic N) is 3. The Morgan fingerprint density at radius 1 is 1.38 bits per heavy atom. The smallest absolute Gasteiger partial charge is 0.233 e. The van der Waals surface area contributed by atoms with E-state index in [1.165, 1.54) is 35.9 Å². The molecule has 0 atom stereocenters. The number of carbonyl (C=O) groups is 1. The Kier molecular flexibility index (Phi) is 6.29. The summed E-state index contributed by atoms with van der Waals surface area (Å²) in [6.45, 7) is 5.16. The van der Waals surface area contributed by atoms with E-state index >= 15 is 0 Å². The van der Waals surface area contributed by atoms with Crippen molar-refractivity contribution < 1.29 is 4.79 Å². The van der Waals surface area contributed by atoms with E-state index in [-0.39, 0.29) is 5.91 Å². The Labute approximate surface area is 134 Å². The molecule has 1 fully saturated rings. The molecule has 7 heteroatoms. The summed E-state index contributed by atoms with van der Waals surface area (Å²) in [5.41, 5.74) is 0. The monoisotopic (exact) mass is 328 g/mol. The average Bonchev–Trinajstić information content (AvgIpc) is 2.93. The number of carbonyl (C=O) groups excluding carboxylic acids is 1. The van der Waals surface area contributed by atoms with Crippen LogP contribution in [0.4, 0.5) is 5.13 Å². The summed E-state index contributed by atoms with van der Waals surface area (Å²) in [5.74, 6) is 1.45. The van der Waals surface area contributed by atoms with Gasteiger partial charge in [0.2, 0.25) is 11.0 Å². The second-order valence-corrected chi connectivity index (χ2v) is 7.81. The molecule has 0 radical (unpaired) electrons. The second-order valence-electron chi connectivity index (χ2n) is 5.61. The van der Waals surface area contributed by atoms with Crippen LogP contribution in [0.25, 0.3) is 0 Å². The third-order valence-electron chi connectivity index (χ3n) is 3.98. The van der Waals surface area contributed by atoms with Crippen LogP contribution in [0.15, 0.2) is 4.34 Å². The number of hydrogen-bond donors (Lipinski definition) is 1. The zero-order valence-electron chi connectivity index (χ0n) is 13.0. The van der Waals surface area contributed by atoms with Gasteiger partial charge in [0.05, 0.1) is 5.75 Å². The van der Waals surface area contributed by atoms with Crippen LogP contribution in [0.2, 0.25) is 0 Å². The summed E-state index contributed by atoms with van der Waals surface area (Å²) in [5, 5.41) is 12.1. The standard InChI is InChI=1S/C14H24N4OS2/c1-4-15-13-16-17-14(21-13)20-9-12(19)18(3)11-7-5-10(2)6-8-11/h10-11H,4-9H2,1-3H3,(H,15,16). The molecule has 118 valence electrons. The minimum Gasteiger partial charge on any atom is -0.360 e. The molecule has 5 nitrogen and oxygen atoms in total. The van der Waals surface area contributed by atoms with Gasteiger partial charge in [0.1, 0.15) is 0 Å². The van der Waals surface area contributed by atoms with Crippen LogP contribution in [-0.4, -0.2) is 46.4 Å². The Morgan fingerprint density at radius 2 is 2.10 bits per heavy atom. The molecule has 1 aliphatic carbocycles. The van der Waals surface area contributed by atoms with Crippen molar-refractivity contribution >= 4 is 34.1 Å². The number of rotatable bonds is 6. The SMILES string of the molecule is CCNc1nnc(SCC(=O)N(C)C2CCC(C)CC2)s1. The molecule has 0 unspecified atom stereocenters. The maximum absolute atomic E-state index is 12.3. The number of nitrogens with one attached hydrogen (secondary N) is 1. The van der Waals surface area contributed by atoms with Gasteiger partial charge in [0.15, 0.2) is 4.34 Å². The molecule has 0 spiro atoms. The Bertz CT molecular complexity index is 458. The van der Waals surface area contributed by atoms with E-state index in [0.717, 1.165) is 34.8 Å². The quantitative estimate of drug-likeness (QED) is 0.813. The van der Waals surface area contributed by atoms with Crippen molar-refractivity contribution in [1.82, 2.24) is 15.1 Å². The predicted molar refractivity (Wildman–Crippen MR) is 89.0 cm³/mol. The molecule has 1 saturated carbocycles. The van der Waals surface area contributed by atoms with E-state index in [2.05, 4.69) is 22.4 Å². The lowest BCUT2D eigenvalue weighted by Crippen LogP contribution is -2.40.